The highest BCUT2D eigenvalue weighted by Gasteiger charge is 2.12. The molecule has 0 saturated carbocycles. The molecule has 0 radical (unpaired) electrons. The van der Waals surface area contributed by atoms with Crippen molar-refractivity contribution in [1.29, 1.82) is 0 Å². The minimum absolute atomic E-state index is 0.425. The zero-order chi connectivity index (χ0) is 10.8. The second-order valence-corrected chi connectivity index (χ2v) is 4.74. The number of hydrogen-bond donors (Lipinski definition) is 1. The van der Waals surface area contributed by atoms with E-state index in [1.54, 1.807) is 11.3 Å². The lowest BCUT2D eigenvalue weighted by Gasteiger charge is -2.00. The number of terminal acetylenes is 1. The fourth-order valence-corrected chi connectivity index (χ4v) is 2.98. The van der Waals surface area contributed by atoms with Crippen LogP contribution in [0.1, 0.15) is 4.88 Å². The molecule has 1 nitrogen and oxygen atoms in total. The summed E-state index contributed by atoms with van der Waals surface area (Å²) in [4.78, 5) is 0.948. The molecule has 3 heteroatoms. The highest BCUT2D eigenvalue weighted by atomic mass is 35.5. The SMILES string of the molecule is C#C[C@H](O)Cc1sc2ccccc2c1Cl. The molecule has 0 saturated heterocycles. The third kappa shape index (κ3) is 2.00. The van der Waals surface area contributed by atoms with Crippen molar-refractivity contribution < 1.29 is 5.11 Å². The number of thiophene rings is 1. The van der Waals surface area contributed by atoms with E-state index in [1.165, 1.54) is 0 Å². The molecule has 1 heterocycles. The molecule has 0 fully saturated rings. The largest absolute Gasteiger partial charge is 0.380 e. The molecule has 1 aromatic heterocycles. The molecule has 0 spiro atoms. The van der Waals surface area contributed by atoms with Crippen molar-refractivity contribution in [3.05, 3.63) is 34.2 Å². The molecule has 1 N–H and O–H groups in total. The Morgan fingerprint density at radius 3 is 2.87 bits per heavy atom. The fourth-order valence-electron chi connectivity index (χ4n) is 1.43. The lowest BCUT2D eigenvalue weighted by molar-refractivity contribution is 0.234. The van der Waals surface area contributed by atoms with Crippen molar-refractivity contribution in [2.24, 2.45) is 0 Å². The number of hydrogen-bond acceptors (Lipinski definition) is 2. The van der Waals surface area contributed by atoms with Gasteiger partial charge in [-0.1, -0.05) is 35.7 Å². The van der Waals surface area contributed by atoms with Crippen LogP contribution in [0.3, 0.4) is 0 Å². The number of benzene rings is 1. The number of halogens is 1. The van der Waals surface area contributed by atoms with E-state index in [0.29, 0.717) is 11.4 Å². The third-order valence-electron chi connectivity index (χ3n) is 2.17. The van der Waals surface area contributed by atoms with E-state index in [-0.39, 0.29) is 0 Å². The Kier molecular flexibility index (Phi) is 2.97. The molecule has 0 unspecified atom stereocenters. The molecule has 76 valence electrons. The lowest BCUT2D eigenvalue weighted by atomic mass is 10.2. The molecule has 15 heavy (non-hydrogen) atoms. The third-order valence-corrected chi connectivity index (χ3v) is 3.91. The van der Waals surface area contributed by atoms with Gasteiger partial charge >= 0.3 is 0 Å². The molecule has 0 bridgehead atoms. The number of fused-ring (bicyclic) bond motifs is 1. The van der Waals surface area contributed by atoms with Crippen LogP contribution in [0.25, 0.3) is 10.1 Å². The number of rotatable bonds is 2. The molecule has 1 aromatic carbocycles. The second kappa shape index (κ2) is 4.24. The zero-order valence-corrected chi connectivity index (χ0v) is 9.48. The molecular weight excluding hydrogens is 228 g/mol. The maximum Gasteiger partial charge on any atom is 0.119 e. The van der Waals surface area contributed by atoms with Gasteiger partial charge in [0.15, 0.2) is 0 Å². The first-order valence-corrected chi connectivity index (χ1v) is 5.72. The summed E-state index contributed by atoms with van der Waals surface area (Å²) in [5, 5.41) is 11.1. The van der Waals surface area contributed by atoms with Gasteiger partial charge in [0.05, 0.1) is 5.02 Å². The van der Waals surface area contributed by atoms with E-state index in [0.717, 1.165) is 15.0 Å². The summed E-state index contributed by atoms with van der Waals surface area (Å²) < 4.78 is 1.13. The van der Waals surface area contributed by atoms with Gasteiger partial charge in [-0.25, -0.2) is 0 Å². The normalized spacial score (nSPS) is 12.6. The summed E-state index contributed by atoms with van der Waals surface area (Å²) in [6.45, 7) is 0. The average molecular weight is 237 g/mol. The molecule has 2 rings (SSSR count). The summed E-state index contributed by atoms with van der Waals surface area (Å²) in [6, 6.07) is 7.90. The number of aliphatic hydroxyl groups excluding tert-OH is 1. The maximum absolute atomic E-state index is 9.37. The number of aliphatic hydroxyl groups is 1. The monoisotopic (exact) mass is 236 g/mol. The molecule has 0 aliphatic rings. The van der Waals surface area contributed by atoms with Crippen molar-refractivity contribution >= 4 is 33.0 Å². The Balaban J connectivity index is 2.45. The van der Waals surface area contributed by atoms with Crippen LogP contribution >= 0.6 is 22.9 Å². The summed E-state index contributed by atoms with van der Waals surface area (Å²) >= 11 is 7.77. The maximum atomic E-state index is 9.37. The molecule has 2 aromatic rings. The van der Waals surface area contributed by atoms with E-state index in [9.17, 15) is 5.11 Å². The van der Waals surface area contributed by atoms with Crippen LogP contribution in [-0.2, 0) is 6.42 Å². The van der Waals surface area contributed by atoms with Crippen molar-refractivity contribution in [2.45, 2.75) is 12.5 Å². The first-order valence-electron chi connectivity index (χ1n) is 4.52. The van der Waals surface area contributed by atoms with Crippen LogP contribution in [0, 0.1) is 12.3 Å². The van der Waals surface area contributed by atoms with Gasteiger partial charge in [-0.2, -0.15) is 0 Å². The van der Waals surface area contributed by atoms with E-state index in [2.05, 4.69) is 5.92 Å². The van der Waals surface area contributed by atoms with Gasteiger partial charge in [-0.15, -0.1) is 17.8 Å². The van der Waals surface area contributed by atoms with Crippen LogP contribution in [-0.4, -0.2) is 11.2 Å². The van der Waals surface area contributed by atoms with Crippen LogP contribution in [0.4, 0.5) is 0 Å². The first-order chi connectivity index (χ1) is 7.22. The Morgan fingerprint density at radius 1 is 1.47 bits per heavy atom. The minimum atomic E-state index is -0.754. The fraction of sp³-hybridized carbons (Fsp3) is 0.167. The highest BCUT2D eigenvalue weighted by molar-refractivity contribution is 7.19. The Hall–Kier alpha value is -1.01. The van der Waals surface area contributed by atoms with Gasteiger partial charge in [0.2, 0.25) is 0 Å². The molecule has 1 atom stereocenters. The summed E-state index contributed by atoms with van der Waals surface area (Å²) in [5.41, 5.74) is 0. The highest BCUT2D eigenvalue weighted by Crippen LogP contribution is 2.35. The van der Waals surface area contributed by atoms with Gasteiger partial charge < -0.3 is 5.11 Å². The van der Waals surface area contributed by atoms with Crippen molar-refractivity contribution in [3.8, 4) is 12.3 Å². The standard InChI is InChI=1S/C12H9ClOS/c1-2-8(14)7-11-12(13)9-5-3-4-6-10(9)15-11/h1,3-6,8,14H,7H2/t8-/m0/s1. The van der Waals surface area contributed by atoms with Crippen molar-refractivity contribution in [2.75, 3.05) is 0 Å². The van der Waals surface area contributed by atoms with E-state index < -0.39 is 6.10 Å². The quantitative estimate of drug-likeness (QED) is 0.795. The summed E-state index contributed by atoms with van der Waals surface area (Å²) in [6.07, 6.45) is 4.80. The first kappa shape index (κ1) is 10.5. The second-order valence-electron chi connectivity index (χ2n) is 3.22. The molecule has 0 amide bonds. The van der Waals surface area contributed by atoms with E-state index in [1.807, 2.05) is 24.3 Å². The van der Waals surface area contributed by atoms with E-state index >= 15 is 0 Å². The van der Waals surface area contributed by atoms with Crippen LogP contribution in [0.15, 0.2) is 24.3 Å². The average Bonchev–Trinajstić information content (AvgIpc) is 2.57. The zero-order valence-electron chi connectivity index (χ0n) is 7.90. The molecule has 0 aliphatic carbocycles. The Morgan fingerprint density at radius 2 is 2.20 bits per heavy atom. The topological polar surface area (TPSA) is 20.2 Å². The minimum Gasteiger partial charge on any atom is -0.380 e. The molecule has 0 aliphatic heterocycles. The van der Waals surface area contributed by atoms with Crippen molar-refractivity contribution in [3.63, 3.8) is 0 Å². The molecular formula is C12H9ClOS. The Labute approximate surface area is 97.3 Å². The van der Waals surface area contributed by atoms with Gasteiger partial charge in [-0.05, 0) is 6.07 Å². The van der Waals surface area contributed by atoms with Gasteiger partial charge in [0, 0.05) is 21.4 Å². The predicted octanol–water partition coefficient (Wildman–Crippen LogP) is 3.09. The van der Waals surface area contributed by atoms with Crippen LogP contribution in [0.2, 0.25) is 5.02 Å². The van der Waals surface area contributed by atoms with Crippen molar-refractivity contribution in [1.82, 2.24) is 0 Å². The van der Waals surface area contributed by atoms with Gasteiger partial charge in [-0.3, -0.25) is 0 Å². The lowest BCUT2D eigenvalue weighted by Crippen LogP contribution is -2.05. The van der Waals surface area contributed by atoms with Gasteiger partial charge in [0.1, 0.15) is 6.10 Å². The van der Waals surface area contributed by atoms with Crippen LogP contribution in [0.5, 0.6) is 0 Å². The summed E-state index contributed by atoms with van der Waals surface area (Å²) in [7, 11) is 0. The predicted molar refractivity (Wildman–Crippen MR) is 65.4 cm³/mol. The smallest absolute Gasteiger partial charge is 0.119 e. The summed E-state index contributed by atoms with van der Waals surface area (Å²) in [5.74, 6) is 2.29. The van der Waals surface area contributed by atoms with Gasteiger partial charge in [0.25, 0.3) is 0 Å². The van der Waals surface area contributed by atoms with E-state index in [4.69, 9.17) is 18.0 Å². The van der Waals surface area contributed by atoms with Crippen LogP contribution < -0.4 is 0 Å². The Bertz CT molecular complexity index is 524.